The second kappa shape index (κ2) is 4.37. The molecule has 0 aliphatic heterocycles. The van der Waals surface area contributed by atoms with Gasteiger partial charge in [-0.25, -0.2) is 4.39 Å². The van der Waals surface area contributed by atoms with Crippen LogP contribution in [0.5, 0.6) is 0 Å². The first-order valence-electron chi connectivity index (χ1n) is 5.07. The first-order valence-corrected chi connectivity index (χ1v) is 5.07. The molecule has 88 valence electrons. The molecule has 0 aliphatic carbocycles. The van der Waals surface area contributed by atoms with Crippen molar-refractivity contribution >= 4 is 11.6 Å². The zero-order valence-electron chi connectivity index (χ0n) is 9.45. The van der Waals surface area contributed by atoms with E-state index in [1.807, 2.05) is 6.92 Å². The molecule has 1 N–H and O–H groups in total. The molecule has 1 amide bonds. The summed E-state index contributed by atoms with van der Waals surface area (Å²) in [6.07, 6.45) is 0. The third kappa shape index (κ3) is 2.50. The maximum absolute atomic E-state index is 13.4. The van der Waals surface area contributed by atoms with E-state index in [0.29, 0.717) is 5.76 Å². The van der Waals surface area contributed by atoms with Crippen molar-refractivity contribution in [3.8, 4) is 0 Å². The predicted octanol–water partition coefficient (Wildman–Crippen LogP) is 2.68. The number of hydrogen-bond acceptors (Lipinski definition) is 3. The summed E-state index contributed by atoms with van der Waals surface area (Å²) in [7, 11) is 0. The van der Waals surface area contributed by atoms with Gasteiger partial charge in [-0.1, -0.05) is 11.2 Å². The van der Waals surface area contributed by atoms with E-state index in [-0.39, 0.29) is 11.4 Å². The van der Waals surface area contributed by atoms with Gasteiger partial charge < -0.3 is 9.84 Å². The summed E-state index contributed by atoms with van der Waals surface area (Å²) in [6.45, 7) is 3.49. The zero-order chi connectivity index (χ0) is 12.4. The van der Waals surface area contributed by atoms with Gasteiger partial charge in [0.15, 0.2) is 5.69 Å². The Balaban J connectivity index is 2.21. The molecular weight excluding hydrogens is 223 g/mol. The summed E-state index contributed by atoms with van der Waals surface area (Å²) in [6, 6.07) is 5.98. The molecule has 2 aromatic rings. The quantitative estimate of drug-likeness (QED) is 0.869. The number of anilines is 1. The zero-order valence-corrected chi connectivity index (χ0v) is 9.45. The number of carbonyl (C=O) groups is 1. The van der Waals surface area contributed by atoms with E-state index < -0.39 is 11.7 Å². The van der Waals surface area contributed by atoms with Crippen LogP contribution in [0.4, 0.5) is 10.1 Å². The summed E-state index contributed by atoms with van der Waals surface area (Å²) in [5, 5.41) is 6.00. The maximum atomic E-state index is 13.4. The highest BCUT2D eigenvalue weighted by Crippen LogP contribution is 2.16. The number of amides is 1. The molecule has 0 atom stereocenters. The summed E-state index contributed by atoms with van der Waals surface area (Å²) in [5.41, 5.74) is 1.12. The van der Waals surface area contributed by atoms with Gasteiger partial charge in [0, 0.05) is 6.07 Å². The van der Waals surface area contributed by atoms with E-state index in [2.05, 4.69) is 10.5 Å². The molecule has 0 unspecified atom stereocenters. The molecule has 0 fully saturated rings. The van der Waals surface area contributed by atoms with Gasteiger partial charge in [0.2, 0.25) is 0 Å². The molecule has 0 aliphatic rings. The van der Waals surface area contributed by atoms with Crippen LogP contribution in [0.2, 0.25) is 0 Å². The van der Waals surface area contributed by atoms with Crippen molar-refractivity contribution in [2.75, 3.05) is 5.32 Å². The summed E-state index contributed by atoms with van der Waals surface area (Å²) in [4.78, 5) is 11.7. The van der Waals surface area contributed by atoms with Crippen LogP contribution in [-0.4, -0.2) is 11.1 Å². The van der Waals surface area contributed by atoms with Gasteiger partial charge in [0.1, 0.15) is 11.6 Å². The molecule has 0 bridgehead atoms. The Morgan fingerprint density at radius 2 is 2.12 bits per heavy atom. The number of nitrogens with one attached hydrogen (secondary N) is 1. The third-order valence-electron chi connectivity index (χ3n) is 2.23. The van der Waals surface area contributed by atoms with Gasteiger partial charge in [-0.15, -0.1) is 0 Å². The van der Waals surface area contributed by atoms with Crippen molar-refractivity contribution in [1.82, 2.24) is 5.16 Å². The van der Waals surface area contributed by atoms with E-state index in [1.165, 1.54) is 12.1 Å². The van der Waals surface area contributed by atoms with Gasteiger partial charge in [0.05, 0.1) is 5.69 Å². The van der Waals surface area contributed by atoms with Crippen LogP contribution in [0, 0.1) is 19.7 Å². The van der Waals surface area contributed by atoms with E-state index in [1.54, 1.807) is 19.1 Å². The van der Waals surface area contributed by atoms with E-state index in [0.717, 1.165) is 5.56 Å². The maximum Gasteiger partial charge on any atom is 0.277 e. The number of rotatable bonds is 2. The van der Waals surface area contributed by atoms with Crippen molar-refractivity contribution in [3.63, 3.8) is 0 Å². The van der Waals surface area contributed by atoms with Crippen LogP contribution in [0.15, 0.2) is 28.8 Å². The summed E-state index contributed by atoms with van der Waals surface area (Å²) >= 11 is 0. The van der Waals surface area contributed by atoms with Crippen LogP contribution in [0.1, 0.15) is 21.8 Å². The van der Waals surface area contributed by atoms with E-state index in [4.69, 9.17) is 4.52 Å². The number of aryl methyl sites for hydroxylation is 2. The van der Waals surface area contributed by atoms with E-state index >= 15 is 0 Å². The Morgan fingerprint density at radius 1 is 1.35 bits per heavy atom. The third-order valence-corrected chi connectivity index (χ3v) is 2.23. The lowest BCUT2D eigenvalue weighted by Crippen LogP contribution is -2.13. The predicted molar refractivity (Wildman–Crippen MR) is 60.3 cm³/mol. The Labute approximate surface area is 97.4 Å². The molecule has 0 spiro atoms. The number of nitrogens with zero attached hydrogens (tertiary/aromatic N) is 1. The van der Waals surface area contributed by atoms with Crippen molar-refractivity contribution in [2.24, 2.45) is 0 Å². The molecule has 1 heterocycles. The van der Waals surface area contributed by atoms with Crippen molar-refractivity contribution < 1.29 is 13.7 Å². The molecule has 0 saturated carbocycles. The van der Waals surface area contributed by atoms with Crippen LogP contribution in [0.3, 0.4) is 0 Å². The highest BCUT2D eigenvalue weighted by atomic mass is 19.1. The fraction of sp³-hybridized carbons (Fsp3) is 0.167. The smallest absolute Gasteiger partial charge is 0.277 e. The molecule has 2 rings (SSSR count). The highest BCUT2D eigenvalue weighted by Gasteiger charge is 2.13. The SMILES string of the molecule is Cc1ccc(F)c(NC(=O)c2cc(C)on2)c1. The minimum absolute atomic E-state index is 0.128. The van der Waals surface area contributed by atoms with Gasteiger partial charge in [-0.2, -0.15) is 0 Å². The number of aromatic nitrogens is 1. The summed E-state index contributed by atoms with van der Waals surface area (Å²) < 4.78 is 18.2. The molecular formula is C12H11FN2O2. The first-order chi connectivity index (χ1) is 8.06. The second-order valence-corrected chi connectivity index (χ2v) is 3.76. The fourth-order valence-electron chi connectivity index (χ4n) is 1.39. The minimum atomic E-state index is -0.494. The normalized spacial score (nSPS) is 10.3. The van der Waals surface area contributed by atoms with Gasteiger partial charge in [-0.3, -0.25) is 4.79 Å². The number of halogens is 1. The molecule has 1 aromatic carbocycles. The highest BCUT2D eigenvalue weighted by molar-refractivity contribution is 6.02. The van der Waals surface area contributed by atoms with Gasteiger partial charge >= 0.3 is 0 Å². The number of benzene rings is 1. The van der Waals surface area contributed by atoms with Crippen molar-refractivity contribution in [1.29, 1.82) is 0 Å². The van der Waals surface area contributed by atoms with Crippen LogP contribution in [-0.2, 0) is 0 Å². The minimum Gasteiger partial charge on any atom is -0.361 e. The molecule has 4 nitrogen and oxygen atoms in total. The first kappa shape index (κ1) is 11.3. The average molecular weight is 234 g/mol. The molecule has 17 heavy (non-hydrogen) atoms. The van der Waals surface area contributed by atoms with Crippen LogP contribution >= 0.6 is 0 Å². The average Bonchev–Trinajstić information content (AvgIpc) is 2.70. The Bertz CT molecular complexity index is 563. The van der Waals surface area contributed by atoms with Gasteiger partial charge in [-0.05, 0) is 31.5 Å². The molecule has 5 heteroatoms. The Kier molecular flexibility index (Phi) is 2.91. The lowest BCUT2D eigenvalue weighted by molar-refractivity contribution is 0.101. The number of carbonyl (C=O) groups excluding carboxylic acids is 1. The van der Waals surface area contributed by atoms with Crippen LogP contribution in [0.25, 0.3) is 0 Å². The largest absolute Gasteiger partial charge is 0.361 e. The molecule has 0 saturated heterocycles. The topological polar surface area (TPSA) is 55.1 Å². The molecule has 0 radical (unpaired) electrons. The summed E-state index contributed by atoms with van der Waals surface area (Å²) in [5.74, 6) is -0.449. The van der Waals surface area contributed by atoms with Crippen LogP contribution < -0.4 is 5.32 Å². The standard InChI is InChI=1S/C12H11FN2O2/c1-7-3-4-9(13)10(5-7)14-12(16)11-6-8(2)17-15-11/h3-6H,1-2H3,(H,14,16). The van der Waals surface area contributed by atoms with Crippen molar-refractivity contribution in [3.05, 3.63) is 47.1 Å². The molecule has 1 aromatic heterocycles. The Morgan fingerprint density at radius 3 is 2.76 bits per heavy atom. The fourth-order valence-corrected chi connectivity index (χ4v) is 1.39. The number of hydrogen-bond donors (Lipinski definition) is 1. The monoisotopic (exact) mass is 234 g/mol. The van der Waals surface area contributed by atoms with Gasteiger partial charge in [0.25, 0.3) is 5.91 Å². The lowest BCUT2D eigenvalue weighted by Gasteiger charge is -2.05. The lowest BCUT2D eigenvalue weighted by atomic mass is 10.2. The van der Waals surface area contributed by atoms with Crippen molar-refractivity contribution in [2.45, 2.75) is 13.8 Å². The Hall–Kier alpha value is -2.17. The van der Waals surface area contributed by atoms with E-state index in [9.17, 15) is 9.18 Å². The second-order valence-electron chi connectivity index (χ2n) is 3.76.